The normalized spacial score (nSPS) is 10.2. The van der Waals surface area contributed by atoms with Crippen LogP contribution in [0.3, 0.4) is 0 Å². The highest BCUT2D eigenvalue weighted by atomic mass is 35.5. The van der Waals surface area contributed by atoms with Gasteiger partial charge in [0.15, 0.2) is 0 Å². The molecule has 5 nitrogen and oxygen atoms in total. The quantitative estimate of drug-likeness (QED) is 0.333. The average Bonchev–Trinajstić information content (AvgIpc) is 2.30. The molecule has 0 N–H and O–H groups in total. The highest BCUT2D eigenvalue weighted by Gasteiger charge is 2.17. The molecule has 0 amide bonds. The smallest absolute Gasteiger partial charge is 0.312 e. The molecule has 0 bridgehead atoms. The number of hydrogen-bond acceptors (Lipinski definition) is 4. The van der Waals surface area contributed by atoms with E-state index in [-0.39, 0.29) is 23.1 Å². The van der Waals surface area contributed by atoms with Gasteiger partial charge < -0.3 is 9.47 Å². The Morgan fingerprint density at radius 1 is 1.29 bits per heavy atom. The van der Waals surface area contributed by atoms with Crippen molar-refractivity contribution in [2.75, 3.05) is 25.7 Å². The minimum Gasteiger partial charge on any atom is -0.483 e. The maximum Gasteiger partial charge on any atom is 0.312 e. The molecule has 0 spiro atoms. The first-order valence-electron chi connectivity index (χ1n) is 4.86. The summed E-state index contributed by atoms with van der Waals surface area (Å²) in [6, 6.07) is 4.36. The summed E-state index contributed by atoms with van der Waals surface area (Å²) in [5, 5.41) is 10.9. The summed E-state index contributed by atoms with van der Waals surface area (Å²) in [6.07, 6.45) is 0. The van der Waals surface area contributed by atoms with Crippen molar-refractivity contribution in [3.05, 3.63) is 33.3 Å². The van der Waals surface area contributed by atoms with Crippen LogP contribution in [0.15, 0.2) is 18.2 Å². The number of nitro groups is 1. The number of nitro benzene ring substituents is 1. The van der Waals surface area contributed by atoms with Crippen LogP contribution in [0, 0.1) is 10.1 Å². The predicted octanol–water partition coefficient (Wildman–Crippen LogP) is 2.88. The van der Waals surface area contributed by atoms with E-state index in [1.807, 2.05) is 0 Å². The largest absolute Gasteiger partial charge is 0.483 e. The molecule has 1 aromatic rings. The Morgan fingerprint density at radius 2 is 2.06 bits per heavy atom. The number of para-hydroxylation sites is 1. The first kappa shape index (κ1) is 14.0. The van der Waals surface area contributed by atoms with Gasteiger partial charge in [-0.25, -0.2) is 0 Å². The molecular formula is C10H11Cl2NO4. The third kappa shape index (κ3) is 4.38. The number of alkyl halides is 1. The fourth-order valence-electron chi connectivity index (χ4n) is 1.14. The summed E-state index contributed by atoms with van der Waals surface area (Å²) < 4.78 is 10.3. The van der Waals surface area contributed by atoms with Crippen LogP contribution in [-0.4, -0.2) is 30.6 Å². The molecule has 0 saturated heterocycles. The Hall–Kier alpha value is -1.04. The van der Waals surface area contributed by atoms with Gasteiger partial charge in [0.2, 0.25) is 5.75 Å². The molecule has 0 saturated carbocycles. The van der Waals surface area contributed by atoms with E-state index < -0.39 is 4.92 Å². The van der Waals surface area contributed by atoms with Crippen LogP contribution in [0.25, 0.3) is 0 Å². The van der Waals surface area contributed by atoms with Crippen molar-refractivity contribution in [1.29, 1.82) is 0 Å². The van der Waals surface area contributed by atoms with Crippen molar-refractivity contribution >= 4 is 28.9 Å². The van der Waals surface area contributed by atoms with Crippen LogP contribution in [0.5, 0.6) is 5.75 Å². The van der Waals surface area contributed by atoms with Crippen molar-refractivity contribution in [3.63, 3.8) is 0 Å². The molecule has 17 heavy (non-hydrogen) atoms. The van der Waals surface area contributed by atoms with Crippen molar-refractivity contribution in [1.82, 2.24) is 0 Å². The zero-order valence-corrected chi connectivity index (χ0v) is 10.4. The number of ether oxygens (including phenoxy) is 2. The molecule has 0 radical (unpaired) electrons. The van der Waals surface area contributed by atoms with Crippen molar-refractivity contribution in [2.45, 2.75) is 0 Å². The van der Waals surface area contributed by atoms with Gasteiger partial charge in [0.25, 0.3) is 0 Å². The van der Waals surface area contributed by atoms with Gasteiger partial charge in [-0.3, -0.25) is 10.1 Å². The summed E-state index contributed by atoms with van der Waals surface area (Å²) in [7, 11) is 0. The van der Waals surface area contributed by atoms with Crippen molar-refractivity contribution in [2.24, 2.45) is 0 Å². The lowest BCUT2D eigenvalue weighted by molar-refractivity contribution is -0.385. The Morgan fingerprint density at radius 3 is 2.71 bits per heavy atom. The van der Waals surface area contributed by atoms with E-state index >= 15 is 0 Å². The second kappa shape index (κ2) is 7.32. The first-order valence-corrected chi connectivity index (χ1v) is 5.77. The van der Waals surface area contributed by atoms with Gasteiger partial charge >= 0.3 is 5.69 Å². The third-order valence-electron chi connectivity index (χ3n) is 1.84. The Bertz CT molecular complexity index is 387. The molecular weight excluding hydrogens is 269 g/mol. The number of rotatable bonds is 7. The van der Waals surface area contributed by atoms with E-state index in [0.717, 1.165) is 0 Å². The SMILES string of the molecule is O=[N+]([O-])c1cccc(Cl)c1OCCOCCCl. The number of nitrogens with zero attached hydrogens (tertiary/aromatic N) is 1. The first-order chi connectivity index (χ1) is 8.16. The van der Waals surface area contributed by atoms with Gasteiger partial charge in [0.1, 0.15) is 6.61 Å². The molecule has 0 aliphatic rings. The Balaban J connectivity index is 2.60. The van der Waals surface area contributed by atoms with Crippen LogP contribution < -0.4 is 4.74 Å². The fourth-order valence-corrected chi connectivity index (χ4v) is 1.48. The molecule has 1 aromatic carbocycles. The maximum atomic E-state index is 10.7. The van der Waals surface area contributed by atoms with Gasteiger partial charge in [-0.1, -0.05) is 17.7 Å². The van der Waals surface area contributed by atoms with Gasteiger partial charge in [-0.2, -0.15) is 0 Å². The summed E-state index contributed by atoms with van der Waals surface area (Å²) in [5.74, 6) is 0.459. The predicted molar refractivity (Wildman–Crippen MR) is 65.1 cm³/mol. The molecule has 1 rings (SSSR count). The lowest BCUT2D eigenvalue weighted by atomic mass is 10.3. The summed E-state index contributed by atoms with van der Waals surface area (Å²) in [5.41, 5.74) is -0.158. The van der Waals surface area contributed by atoms with Gasteiger partial charge in [-0.15, -0.1) is 11.6 Å². The molecule has 0 unspecified atom stereocenters. The average molecular weight is 280 g/mol. The number of benzene rings is 1. The maximum absolute atomic E-state index is 10.7. The highest BCUT2D eigenvalue weighted by molar-refractivity contribution is 6.32. The molecule has 0 aliphatic carbocycles. The van der Waals surface area contributed by atoms with E-state index in [9.17, 15) is 10.1 Å². The van der Waals surface area contributed by atoms with Crippen molar-refractivity contribution in [3.8, 4) is 5.75 Å². The second-order valence-corrected chi connectivity index (χ2v) is 3.78. The summed E-state index contributed by atoms with van der Waals surface area (Å²) >= 11 is 11.2. The molecule has 94 valence electrons. The zero-order chi connectivity index (χ0) is 12.7. The molecule has 0 aliphatic heterocycles. The van der Waals surface area contributed by atoms with Gasteiger partial charge in [0, 0.05) is 11.9 Å². The molecule has 0 atom stereocenters. The van der Waals surface area contributed by atoms with Crippen LogP contribution in [0.4, 0.5) is 5.69 Å². The second-order valence-electron chi connectivity index (χ2n) is 3.00. The van der Waals surface area contributed by atoms with Crippen LogP contribution in [0.1, 0.15) is 0 Å². The number of hydrogen-bond donors (Lipinski definition) is 0. The lowest BCUT2D eigenvalue weighted by Crippen LogP contribution is -2.09. The Kier molecular flexibility index (Phi) is 6.04. The standard InChI is InChI=1S/C10H11Cl2NO4/c11-4-5-16-6-7-17-10-8(12)2-1-3-9(10)13(14)15/h1-3H,4-7H2. The van der Waals surface area contributed by atoms with E-state index in [0.29, 0.717) is 19.1 Å². The summed E-state index contributed by atoms with van der Waals surface area (Å²) in [4.78, 5) is 10.2. The van der Waals surface area contributed by atoms with Crippen LogP contribution in [0.2, 0.25) is 5.02 Å². The highest BCUT2D eigenvalue weighted by Crippen LogP contribution is 2.34. The van der Waals surface area contributed by atoms with E-state index in [2.05, 4.69) is 0 Å². The number of halogens is 2. The molecule has 0 aromatic heterocycles. The van der Waals surface area contributed by atoms with Gasteiger partial charge in [-0.05, 0) is 6.07 Å². The molecule has 0 fully saturated rings. The third-order valence-corrected chi connectivity index (χ3v) is 2.29. The molecule has 7 heteroatoms. The minimum atomic E-state index is -0.541. The minimum absolute atomic E-state index is 0.0636. The van der Waals surface area contributed by atoms with Crippen molar-refractivity contribution < 1.29 is 14.4 Å². The molecule has 0 heterocycles. The fraction of sp³-hybridized carbons (Fsp3) is 0.400. The zero-order valence-electron chi connectivity index (χ0n) is 8.90. The van der Waals surface area contributed by atoms with E-state index in [1.54, 1.807) is 0 Å². The van der Waals surface area contributed by atoms with Crippen LogP contribution >= 0.6 is 23.2 Å². The Labute approximate surface area is 108 Å². The summed E-state index contributed by atoms with van der Waals surface area (Å²) in [6.45, 7) is 0.895. The van der Waals surface area contributed by atoms with Gasteiger partial charge in [0.05, 0.1) is 23.2 Å². The monoisotopic (exact) mass is 279 g/mol. The lowest BCUT2D eigenvalue weighted by Gasteiger charge is -2.08. The topological polar surface area (TPSA) is 61.6 Å². The van der Waals surface area contributed by atoms with E-state index in [1.165, 1.54) is 18.2 Å². The van der Waals surface area contributed by atoms with E-state index in [4.69, 9.17) is 32.7 Å². The van der Waals surface area contributed by atoms with Crippen LogP contribution in [-0.2, 0) is 4.74 Å².